The van der Waals surface area contributed by atoms with Gasteiger partial charge < -0.3 is 19.3 Å². The molecule has 0 saturated carbocycles. The molecule has 280 valence electrons. The molecule has 3 amide bonds. The molecule has 0 radical (unpaired) electrons. The van der Waals surface area contributed by atoms with Crippen LogP contribution in [0.15, 0.2) is 71.7 Å². The van der Waals surface area contributed by atoms with Crippen LogP contribution in [0.25, 0.3) is 0 Å². The second kappa shape index (κ2) is 15.8. The van der Waals surface area contributed by atoms with Crippen LogP contribution in [0.2, 0.25) is 10.0 Å². The van der Waals surface area contributed by atoms with Crippen molar-refractivity contribution in [3.8, 4) is 5.75 Å². The van der Waals surface area contributed by atoms with Gasteiger partial charge in [-0.15, -0.1) is 0 Å². The molecule has 0 N–H and O–H groups in total. The van der Waals surface area contributed by atoms with E-state index in [9.17, 15) is 4.79 Å². The van der Waals surface area contributed by atoms with Gasteiger partial charge >= 0.3 is 6.03 Å². The molecule has 3 aromatic rings. The number of aliphatic imine (C=N–C) groups is 1. The van der Waals surface area contributed by atoms with E-state index in [2.05, 4.69) is 51.7 Å². The van der Waals surface area contributed by atoms with Gasteiger partial charge in [0.1, 0.15) is 22.7 Å². The maximum absolute atomic E-state index is 15.3. The molecule has 52 heavy (non-hydrogen) atoms. The van der Waals surface area contributed by atoms with Crippen LogP contribution in [-0.2, 0) is 26.0 Å². The number of urea groups is 1. The second-order valence-corrected chi connectivity index (χ2v) is 15.7. The number of piperazine rings is 1. The van der Waals surface area contributed by atoms with Crippen LogP contribution in [0.4, 0.5) is 4.79 Å². The minimum atomic E-state index is -1.01. The van der Waals surface area contributed by atoms with Gasteiger partial charge in [0.2, 0.25) is 5.91 Å². The number of hydrogen-bond donors (Lipinski definition) is 0. The van der Waals surface area contributed by atoms with Crippen molar-refractivity contribution in [3.05, 3.63) is 99.0 Å². The molecule has 3 heterocycles. The van der Waals surface area contributed by atoms with E-state index in [0.717, 1.165) is 22.3 Å². The summed E-state index contributed by atoms with van der Waals surface area (Å²) in [5.41, 5.74) is 1.59. The van der Waals surface area contributed by atoms with Gasteiger partial charge in [0.05, 0.1) is 31.9 Å². The molecule has 3 aromatic carbocycles. The van der Waals surface area contributed by atoms with E-state index < -0.39 is 11.1 Å². The van der Waals surface area contributed by atoms with Crippen molar-refractivity contribution in [3.63, 3.8) is 0 Å². The summed E-state index contributed by atoms with van der Waals surface area (Å²) in [6.45, 7) is 17.9. The van der Waals surface area contributed by atoms with E-state index >= 15 is 4.79 Å². The van der Waals surface area contributed by atoms with E-state index in [1.807, 2.05) is 76.2 Å². The third-order valence-corrected chi connectivity index (χ3v) is 11.2. The second-order valence-electron chi connectivity index (χ2n) is 14.9. The fourth-order valence-electron chi connectivity index (χ4n) is 7.36. The highest BCUT2D eigenvalue weighted by atomic mass is 35.5. The standard InChI is InChI=1S/C40H49Cl2N5O4.CH4/c1-7-51-34-26-30(38(2,3)4)12-17-33(34)36-43-39(5,28-8-13-31(41)14-9-28)40(6,29-10-15-32(42)16-11-29)47(36)37(49)46-20-18-44(19-21-46)27-35(48)45-22-24-50-25-23-45;/h8-17,26H,7,18-25,27H2,1-6H3;1H4/t39-,40+;/m0./s1. The van der Waals surface area contributed by atoms with Gasteiger partial charge in [-0.05, 0) is 79.3 Å². The summed E-state index contributed by atoms with van der Waals surface area (Å²) in [5.74, 6) is 1.30. The summed E-state index contributed by atoms with van der Waals surface area (Å²) in [6, 6.07) is 21.4. The van der Waals surface area contributed by atoms with Gasteiger partial charge in [-0.1, -0.05) is 81.7 Å². The van der Waals surface area contributed by atoms with Crippen molar-refractivity contribution in [1.82, 2.24) is 19.6 Å². The normalized spacial score (nSPS) is 22.5. The van der Waals surface area contributed by atoms with Gasteiger partial charge in [-0.2, -0.15) is 0 Å². The Morgan fingerprint density at radius 3 is 1.96 bits per heavy atom. The number of amides is 3. The molecule has 0 spiro atoms. The molecule has 6 rings (SSSR count). The zero-order valence-electron chi connectivity index (χ0n) is 30.5. The number of nitrogens with zero attached hydrogens (tertiary/aromatic N) is 5. The zero-order chi connectivity index (χ0) is 36.6. The number of rotatable bonds is 7. The van der Waals surface area contributed by atoms with E-state index in [0.29, 0.717) is 87.3 Å². The number of carbonyl (C=O) groups excluding carboxylic acids is 2. The minimum absolute atomic E-state index is 0. The van der Waals surface area contributed by atoms with Crippen LogP contribution >= 0.6 is 23.2 Å². The smallest absolute Gasteiger partial charge is 0.326 e. The average Bonchev–Trinajstić information content (AvgIpc) is 3.36. The van der Waals surface area contributed by atoms with Crippen molar-refractivity contribution in [2.24, 2.45) is 4.99 Å². The largest absolute Gasteiger partial charge is 0.493 e. The molecule has 2 fully saturated rings. The predicted octanol–water partition coefficient (Wildman–Crippen LogP) is 7.82. The molecule has 0 unspecified atom stereocenters. The molecular formula is C41H53Cl2N5O4. The van der Waals surface area contributed by atoms with Crippen molar-refractivity contribution in [2.75, 3.05) is 65.6 Å². The molecule has 3 aliphatic heterocycles. The Hall–Kier alpha value is -3.63. The lowest BCUT2D eigenvalue weighted by Gasteiger charge is -2.47. The summed E-state index contributed by atoms with van der Waals surface area (Å²) >= 11 is 12.8. The lowest BCUT2D eigenvalue weighted by molar-refractivity contribution is -0.136. The molecule has 11 heteroatoms. The van der Waals surface area contributed by atoms with Crippen molar-refractivity contribution < 1.29 is 19.1 Å². The first kappa shape index (κ1) is 39.6. The van der Waals surface area contributed by atoms with Crippen LogP contribution in [-0.4, -0.2) is 103 Å². The fourth-order valence-corrected chi connectivity index (χ4v) is 7.61. The van der Waals surface area contributed by atoms with Gasteiger partial charge in [-0.25, -0.2) is 4.79 Å². The molecular weight excluding hydrogens is 697 g/mol. The predicted molar refractivity (Wildman–Crippen MR) is 210 cm³/mol. The number of ether oxygens (including phenoxy) is 2. The molecule has 2 atom stereocenters. The highest BCUT2D eigenvalue weighted by molar-refractivity contribution is 6.30. The summed E-state index contributed by atoms with van der Waals surface area (Å²) in [7, 11) is 0. The molecule has 2 saturated heterocycles. The summed E-state index contributed by atoms with van der Waals surface area (Å²) < 4.78 is 11.7. The number of morpholine rings is 1. The van der Waals surface area contributed by atoms with Gasteiger partial charge in [0, 0.05) is 49.3 Å². The summed E-state index contributed by atoms with van der Waals surface area (Å²) in [4.78, 5) is 41.6. The summed E-state index contributed by atoms with van der Waals surface area (Å²) in [5, 5.41) is 1.22. The maximum Gasteiger partial charge on any atom is 0.326 e. The first-order valence-electron chi connectivity index (χ1n) is 17.8. The fraction of sp³-hybridized carbons (Fsp3) is 0.488. The Morgan fingerprint density at radius 2 is 1.40 bits per heavy atom. The molecule has 3 aliphatic rings. The number of benzene rings is 3. The van der Waals surface area contributed by atoms with Crippen molar-refractivity contribution in [2.45, 2.75) is 65.5 Å². The molecule has 0 aliphatic carbocycles. The van der Waals surface area contributed by atoms with Crippen molar-refractivity contribution in [1.29, 1.82) is 0 Å². The van der Waals surface area contributed by atoms with E-state index in [1.54, 1.807) is 0 Å². The van der Waals surface area contributed by atoms with Crippen LogP contribution in [0.5, 0.6) is 5.75 Å². The highest BCUT2D eigenvalue weighted by Gasteiger charge is 2.60. The van der Waals surface area contributed by atoms with Crippen LogP contribution in [0.1, 0.15) is 71.2 Å². The molecule has 0 bridgehead atoms. The van der Waals surface area contributed by atoms with Gasteiger partial charge in [-0.3, -0.25) is 19.6 Å². The maximum atomic E-state index is 15.3. The zero-order valence-corrected chi connectivity index (χ0v) is 32.1. The minimum Gasteiger partial charge on any atom is -0.493 e. The van der Waals surface area contributed by atoms with Gasteiger partial charge in [0.25, 0.3) is 0 Å². The topological polar surface area (TPSA) is 77.9 Å². The lowest BCUT2D eigenvalue weighted by atomic mass is 9.71. The van der Waals surface area contributed by atoms with E-state index in [4.69, 9.17) is 37.7 Å². The van der Waals surface area contributed by atoms with Crippen molar-refractivity contribution >= 4 is 41.0 Å². The molecule has 9 nitrogen and oxygen atoms in total. The summed E-state index contributed by atoms with van der Waals surface area (Å²) in [6.07, 6.45) is 0. The Bertz CT molecular complexity index is 1760. The van der Waals surface area contributed by atoms with Gasteiger partial charge in [0.15, 0.2) is 0 Å². The highest BCUT2D eigenvalue weighted by Crippen LogP contribution is 2.54. The Balaban J connectivity index is 0.00000523. The monoisotopic (exact) mass is 749 g/mol. The number of carbonyl (C=O) groups is 2. The average molecular weight is 751 g/mol. The van der Waals surface area contributed by atoms with E-state index in [-0.39, 0.29) is 24.8 Å². The third-order valence-electron chi connectivity index (χ3n) is 10.7. The van der Waals surface area contributed by atoms with Crippen LogP contribution in [0, 0.1) is 0 Å². The quantitative estimate of drug-likeness (QED) is 0.246. The number of hydrogen-bond acceptors (Lipinski definition) is 6. The Kier molecular flexibility index (Phi) is 12.0. The number of halogens is 2. The lowest BCUT2D eigenvalue weighted by Crippen LogP contribution is -2.61. The third kappa shape index (κ3) is 7.56. The Morgan fingerprint density at radius 1 is 0.827 bits per heavy atom. The molecule has 0 aromatic heterocycles. The van der Waals surface area contributed by atoms with E-state index in [1.165, 1.54) is 0 Å². The van der Waals surface area contributed by atoms with Crippen LogP contribution in [0.3, 0.4) is 0 Å². The van der Waals surface area contributed by atoms with Crippen LogP contribution < -0.4 is 4.74 Å². The first-order chi connectivity index (χ1) is 24.3. The first-order valence-corrected chi connectivity index (χ1v) is 18.6. The SMILES string of the molecule is C.CCOc1cc(C(C)(C)C)ccc1C1=N[C@@](C)(c2ccc(Cl)cc2)[C@@](C)(c2ccc(Cl)cc2)N1C(=O)N1CCN(CC(=O)N2CCOCC2)CC1. The number of amidine groups is 1. The Labute approximate surface area is 319 Å².